The van der Waals surface area contributed by atoms with E-state index in [1.54, 1.807) is 36.1 Å². The molecule has 0 bridgehead atoms. The van der Waals surface area contributed by atoms with Gasteiger partial charge < -0.3 is 10.1 Å². The van der Waals surface area contributed by atoms with Gasteiger partial charge in [0.1, 0.15) is 11.6 Å². The van der Waals surface area contributed by atoms with Crippen molar-refractivity contribution in [2.45, 2.75) is 25.1 Å². The van der Waals surface area contributed by atoms with E-state index in [4.69, 9.17) is 16.3 Å². The van der Waals surface area contributed by atoms with Gasteiger partial charge in [0.15, 0.2) is 5.82 Å². The first-order valence-corrected chi connectivity index (χ1v) is 12.3. The molecular formula is C25H25ClF3N7O2. The van der Waals surface area contributed by atoms with Crippen LogP contribution < -0.4 is 10.1 Å². The topological polar surface area (TPSA) is 101 Å². The number of nitrogens with one attached hydrogen (secondary N) is 2. The van der Waals surface area contributed by atoms with Crippen LogP contribution in [0.15, 0.2) is 36.5 Å². The number of likely N-dealkylation sites (tertiary alicyclic amines) is 1. The molecule has 1 fully saturated rings. The van der Waals surface area contributed by atoms with Crippen molar-refractivity contribution >= 4 is 28.4 Å². The molecule has 9 nitrogen and oxygen atoms in total. The van der Waals surface area contributed by atoms with Crippen LogP contribution in [-0.4, -0.2) is 74.7 Å². The van der Waals surface area contributed by atoms with E-state index in [1.807, 2.05) is 12.1 Å². The maximum absolute atomic E-state index is 12.9. The molecule has 1 amide bonds. The molecule has 1 atom stereocenters. The van der Waals surface area contributed by atoms with Gasteiger partial charge in [-0.25, -0.2) is 4.98 Å². The molecule has 38 heavy (non-hydrogen) atoms. The molecule has 0 aliphatic carbocycles. The summed E-state index contributed by atoms with van der Waals surface area (Å²) >= 11 is 6.57. The molecule has 3 heterocycles. The second-order valence-electron chi connectivity index (χ2n) is 9.25. The Morgan fingerprint density at radius 1 is 1.29 bits per heavy atom. The van der Waals surface area contributed by atoms with E-state index < -0.39 is 18.6 Å². The second-order valence-corrected chi connectivity index (χ2v) is 9.62. The number of carbonyl (C=O) groups excluding carboxylic acids is 1. The molecule has 13 heteroatoms. The van der Waals surface area contributed by atoms with Crippen LogP contribution >= 0.6 is 11.6 Å². The number of hydrogen-bond donors (Lipinski definition) is 2. The summed E-state index contributed by atoms with van der Waals surface area (Å²) in [5.74, 6) is 1.04. The van der Waals surface area contributed by atoms with E-state index in [9.17, 15) is 18.0 Å². The van der Waals surface area contributed by atoms with Crippen LogP contribution in [0.5, 0.6) is 5.75 Å². The number of aromatic amines is 1. The number of aromatic nitrogens is 5. The third-order valence-corrected chi connectivity index (χ3v) is 7.00. The second kappa shape index (κ2) is 10.3. The maximum atomic E-state index is 12.9. The largest absolute Gasteiger partial charge is 0.496 e. The van der Waals surface area contributed by atoms with Crippen molar-refractivity contribution in [1.29, 1.82) is 0 Å². The van der Waals surface area contributed by atoms with Gasteiger partial charge in [-0.05, 0) is 30.2 Å². The first-order chi connectivity index (χ1) is 18.1. The summed E-state index contributed by atoms with van der Waals surface area (Å²) in [6.45, 7) is -0.570. The number of nitrogens with zero attached hydrogens (tertiary/aromatic N) is 5. The summed E-state index contributed by atoms with van der Waals surface area (Å²) in [5.41, 5.74) is 2.66. The molecule has 1 saturated heterocycles. The Morgan fingerprint density at radius 2 is 2.11 bits per heavy atom. The van der Waals surface area contributed by atoms with Gasteiger partial charge in [-0.1, -0.05) is 23.7 Å². The molecule has 0 spiro atoms. The Balaban J connectivity index is 1.31. The van der Waals surface area contributed by atoms with Crippen molar-refractivity contribution in [2.75, 3.05) is 26.7 Å². The van der Waals surface area contributed by atoms with Crippen molar-refractivity contribution in [3.8, 4) is 17.1 Å². The monoisotopic (exact) mass is 547 g/mol. The highest BCUT2D eigenvalue weighted by atomic mass is 35.5. The van der Waals surface area contributed by atoms with Crippen LogP contribution in [0.2, 0.25) is 5.02 Å². The number of carbonyl (C=O) groups is 1. The Bertz CT molecular complexity index is 1480. The number of amides is 1. The van der Waals surface area contributed by atoms with E-state index in [2.05, 4.69) is 25.6 Å². The smallest absolute Gasteiger partial charge is 0.401 e. The Kier molecular flexibility index (Phi) is 7.01. The van der Waals surface area contributed by atoms with Gasteiger partial charge in [-0.3, -0.25) is 19.5 Å². The van der Waals surface area contributed by atoms with Crippen molar-refractivity contribution in [1.82, 2.24) is 35.2 Å². The van der Waals surface area contributed by atoms with Crippen LogP contribution in [-0.2, 0) is 13.5 Å². The molecule has 1 unspecified atom stereocenters. The Labute approximate surface area is 220 Å². The van der Waals surface area contributed by atoms with Gasteiger partial charge in [0.2, 0.25) is 0 Å². The highest BCUT2D eigenvalue weighted by molar-refractivity contribution is 6.36. The minimum absolute atomic E-state index is 0.143. The number of fused-ring (bicyclic) bond motifs is 1. The summed E-state index contributed by atoms with van der Waals surface area (Å²) in [6.07, 6.45) is -1.69. The van der Waals surface area contributed by atoms with Crippen LogP contribution in [0.4, 0.5) is 13.2 Å². The summed E-state index contributed by atoms with van der Waals surface area (Å²) in [5, 5.41) is 15.7. The van der Waals surface area contributed by atoms with Gasteiger partial charge in [0, 0.05) is 43.5 Å². The molecule has 2 aromatic carbocycles. The molecule has 4 aromatic rings. The number of alkyl halides is 3. The van der Waals surface area contributed by atoms with Crippen molar-refractivity contribution in [3.63, 3.8) is 0 Å². The number of hydrogen-bond acceptors (Lipinski definition) is 6. The zero-order valence-electron chi connectivity index (χ0n) is 20.6. The van der Waals surface area contributed by atoms with Gasteiger partial charge in [-0.15, -0.1) is 0 Å². The number of aryl methyl sites for hydroxylation is 1. The normalized spacial score (nSPS) is 16.3. The molecule has 200 valence electrons. The summed E-state index contributed by atoms with van der Waals surface area (Å²) in [6, 6.07) is 8.44. The third-order valence-electron chi connectivity index (χ3n) is 6.56. The highest BCUT2D eigenvalue weighted by Crippen LogP contribution is 2.29. The zero-order valence-corrected chi connectivity index (χ0v) is 21.4. The van der Waals surface area contributed by atoms with E-state index in [0.717, 1.165) is 16.5 Å². The van der Waals surface area contributed by atoms with E-state index in [-0.39, 0.29) is 24.7 Å². The predicted molar refractivity (Wildman–Crippen MR) is 135 cm³/mol. The lowest BCUT2D eigenvalue weighted by Gasteiger charge is -2.18. The Morgan fingerprint density at radius 3 is 2.87 bits per heavy atom. The van der Waals surface area contributed by atoms with Gasteiger partial charge in [-0.2, -0.15) is 23.4 Å². The predicted octanol–water partition coefficient (Wildman–Crippen LogP) is 3.98. The molecule has 2 aromatic heterocycles. The molecule has 0 radical (unpaired) electrons. The molecular weight excluding hydrogens is 523 g/mol. The number of benzene rings is 2. The molecule has 0 saturated carbocycles. The average Bonchev–Trinajstić information content (AvgIpc) is 3.60. The summed E-state index contributed by atoms with van der Waals surface area (Å²) in [7, 11) is 3.24. The van der Waals surface area contributed by atoms with E-state index >= 15 is 0 Å². The molecule has 1 aliphatic heterocycles. The average molecular weight is 548 g/mol. The number of ether oxygens (including phenoxy) is 1. The first kappa shape index (κ1) is 26.0. The fraction of sp³-hybridized carbons (Fsp3) is 0.360. The Hall–Kier alpha value is -3.64. The standard InChI is InChI=1S/C25H25ClF3N7O2/c1-35-21(10-14-4-6-19-18(22(14)26)11-30-33-19)32-23(34-35)15-3-5-17(20(9-15)38-2)24(37)31-16-7-8-36(12-16)13-25(27,28)29/h3-6,9,11,16H,7-8,10,12-13H2,1-2H3,(H,30,33)(H,31,37). The number of H-pyrrole nitrogens is 1. The quantitative estimate of drug-likeness (QED) is 0.363. The lowest BCUT2D eigenvalue weighted by Crippen LogP contribution is -2.39. The minimum Gasteiger partial charge on any atom is -0.496 e. The van der Waals surface area contributed by atoms with Crippen molar-refractivity contribution in [3.05, 3.63) is 58.5 Å². The lowest BCUT2D eigenvalue weighted by molar-refractivity contribution is -0.143. The maximum Gasteiger partial charge on any atom is 0.401 e. The van der Waals surface area contributed by atoms with Crippen molar-refractivity contribution < 1.29 is 22.7 Å². The number of halogens is 4. The number of rotatable bonds is 7. The fourth-order valence-corrected chi connectivity index (χ4v) is 4.94. The minimum atomic E-state index is -4.27. The third kappa shape index (κ3) is 5.46. The zero-order chi connectivity index (χ0) is 27.0. The lowest BCUT2D eigenvalue weighted by atomic mass is 10.1. The fourth-order valence-electron chi connectivity index (χ4n) is 4.66. The molecule has 5 rings (SSSR count). The summed E-state index contributed by atoms with van der Waals surface area (Å²) in [4.78, 5) is 18.9. The number of methoxy groups -OCH3 is 1. The summed E-state index contributed by atoms with van der Waals surface area (Å²) < 4.78 is 45.1. The van der Waals surface area contributed by atoms with Crippen LogP contribution in [0.3, 0.4) is 0 Å². The van der Waals surface area contributed by atoms with Gasteiger partial charge in [0.25, 0.3) is 5.91 Å². The van der Waals surface area contributed by atoms with Gasteiger partial charge in [0.05, 0.1) is 36.0 Å². The van der Waals surface area contributed by atoms with Crippen LogP contribution in [0.1, 0.15) is 28.2 Å². The van der Waals surface area contributed by atoms with Gasteiger partial charge >= 0.3 is 6.18 Å². The van der Waals surface area contributed by atoms with Crippen LogP contribution in [0, 0.1) is 0 Å². The van der Waals surface area contributed by atoms with Crippen LogP contribution in [0.25, 0.3) is 22.3 Å². The van der Waals surface area contributed by atoms with E-state index in [1.165, 1.54) is 12.0 Å². The first-order valence-electron chi connectivity index (χ1n) is 11.9. The van der Waals surface area contributed by atoms with Crippen molar-refractivity contribution in [2.24, 2.45) is 7.05 Å². The highest BCUT2D eigenvalue weighted by Gasteiger charge is 2.35. The molecule has 2 N–H and O–H groups in total. The molecule has 1 aliphatic rings. The SMILES string of the molecule is COc1cc(-c2nc(Cc3ccc4[nH]ncc4c3Cl)n(C)n2)ccc1C(=O)NC1CCN(CC(F)(F)F)C1. The van der Waals surface area contributed by atoms with E-state index in [0.29, 0.717) is 40.8 Å².